The third kappa shape index (κ3) is 4.55. The van der Waals surface area contributed by atoms with Crippen LogP contribution in [0.25, 0.3) is 0 Å². The minimum atomic E-state index is 0.711. The molecule has 0 aromatic carbocycles. The van der Waals surface area contributed by atoms with Gasteiger partial charge in [-0.05, 0) is 25.7 Å². The summed E-state index contributed by atoms with van der Waals surface area (Å²) in [7, 11) is 0. The van der Waals surface area contributed by atoms with Crippen molar-refractivity contribution in [2.75, 3.05) is 0 Å². The van der Waals surface area contributed by atoms with Crippen molar-refractivity contribution >= 4 is 0 Å². The van der Waals surface area contributed by atoms with Crippen LogP contribution in [0.4, 0.5) is 0 Å². The van der Waals surface area contributed by atoms with Gasteiger partial charge in [-0.3, -0.25) is 0 Å². The van der Waals surface area contributed by atoms with Gasteiger partial charge in [0, 0.05) is 12.1 Å². The van der Waals surface area contributed by atoms with E-state index in [1.54, 1.807) is 0 Å². The van der Waals surface area contributed by atoms with Gasteiger partial charge in [0.25, 0.3) is 0 Å². The molecule has 1 saturated carbocycles. The van der Waals surface area contributed by atoms with Crippen molar-refractivity contribution < 1.29 is 0 Å². The lowest BCUT2D eigenvalue weighted by Gasteiger charge is -2.27. The summed E-state index contributed by atoms with van der Waals surface area (Å²) >= 11 is 0. The lowest BCUT2D eigenvalue weighted by molar-refractivity contribution is 0.307. The second-order valence-electron chi connectivity index (χ2n) is 5.22. The molecule has 15 heavy (non-hydrogen) atoms. The molecule has 0 saturated heterocycles. The van der Waals surface area contributed by atoms with Gasteiger partial charge < -0.3 is 5.32 Å². The van der Waals surface area contributed by atoms with Crippen molar-refractivity contribution in [3.05, 3.63) is 0 Å². The van der Waals surface area contributed by atoms with Gasteiger partial charge in [0.1, 0.15) is 0 Å². The van der Waals surface area contributed by atoms with Crippen LogP contribution in [-0.2, 0) is 0 Å². The van der Waals surface area contributed by atoms with E-state index in [9.17, 15) is 0 Å². The number of nitrogens with one attached hydrogen (secondary N) is 1. The summed E-state index contributed by atoms with van der Waals surface area (Å²) in [6.07, 6.45) is 11.2. The molecule has 0 aromatic heterocycles. The van der Waals surface area contributed by atoms with Crippen LogP contribution in [0.2, 0.25) is 0 Å². The van der Waals surface area contributed by atoms with Crippen LogP contribution in [0.3, 0.4) is 0 Å². The fourth-order valence-electron chi connectivity index (χ4n) is 2.95. The average molecular weight is 211 g/mol. The molecule has 1 rings (SSSR count). The molecule has 0 radical (unpaired) electrons. The first-order valence-electron chi connectivity index (χ1n) is 7.04. The van der Waals surface area contributed by atoms with Crippen LogP contribution in [0, 0.1) is 5.92 Å². The van der Waals surface area contributed by atoms with E-state index in [1.807, 2.05) is 0 Å². The Hall–Kier alpha value is -0.0400. The zero-order valence-corrected chi connectivity index (χ0v) is 10.9. The maximum Gasteiger partial charge on any atom is 0.00696 e. The zero-order chi connectivity index (χ0) is 11.1. The SMILES string of the molecule is CCC(CC)C(C)NC1CCCCCC1. The summed E-state index contributed by atoms with van der Waals surface area (Å²) in [6.45, 7) is 7.02. The molecule has 1 fully saturated rings. The largest absolute Gasteiger partial charge is 0.311 e. The molecular weight excluding hydrogens is 182 g/mol. The van der Waals surface area contributed by atoms with E-state index in [-0.39, 0.29) is 0 Å². The quantitative estimate of drug-likeness (QED) is 0.674. The Bertz CT molecular complexity index is 143. The van der Waals surface area contributed by atoms with Gasteiger partial charge in [-0.2, -0.15) is 0 Å². The Morgan fingerprint density at radius 1 is 1.00 bits per heavy atom. The molecule has 1 nitrogen and oxygen atoms in total. The van der Waals surface area contributed by atoms with Crippen molar-refractivity contribution in [2.45, 2.75) is 84.2 Å². The smallest absolute Gasteiger partial charge is 0.00696 e. The second-order valence-corrected chi connectivity index (χ2v) is 5.22. The van der Waals surface area contributed by atoms with E-state index < -0.39 is 0 Å². The van der Waals surface area contributed by atoms with Crippen LogP contribution in [-0.4, -0.2) is 12.1 Å². The van der Waals surface area contributed by atoms with Crippen molar-refractivity contribution in [1.82, 2.24) is 5.32 Å². The molecular formula is C14H29N. The van der Waals surface area contributed by atoms with Crippen LogP contribution in [0.15, 0.2) is 0 Å². The molecule has 1 heteroatoms. The standard InChI is InChI=1S/C14H29N/c1-4-13(5-2)12(3)15-14-10-8-6-7-9-11-14/h12-15H,4-11H2,1-3H3. The molecule has 1 aliphatic rings. The average Bonchev–Trinajstić information content (AvgIpc) is 2.48. The predicted molar refractivity (Wildman–Crippen MR) is 68.2 cm³/mol. The Morgan fingerprint density at radius 2 is 1.53 bits per heavy atom. The molecule has 0 aromatic rings. The fraction of sp³-hybridized carbons (Fsp3) is 1.00. The maximum atomic E-state index is 3.86. The Balaban J connectivity index is 2.31. The molecule has 1 unspecified atom stereocenters. The van der Waals surface area contributed by atoms with Crippen LogP contribution >= 0.6 is 0 Å². The van der Waals surface area contributed by atoms with Gasteiger partial charge >= 0.3 is 0 Å². The van der Waals surface area contributed by atoms with Crippen molar-refractivity contribution in [3.63, 3.8) is 0 Å². The Kier molecular flexibility index (Phi) is 6.31. The number of hydrogen-bond acceptors (Lipinski definition) is 1. The third-order valence-corrected chi connectivity index (χ3v) is 4.11. The molecule has 0 aliphatic heterocycles. The van der Waals surface area contributed by atoms with E-state index in [2.05, 4.69) is 26.1 Å². The number of rotatable bonds is 5. The summed E-state index contributed by atoms with van der Waals surface area (Å²) in [6, 6.07) is 1.52. The monoisotopic (exact) mass is 211 g/mol. The van der Waals surface area contributed by atoms with E-state index in [0.717, 1.165) is 12.0 Å². The van der Waals surface area contributed by atoms with Gasteiger partial charge in [-0.1, -0.05) is 52.4 Å². The molecule has 1 atom stereocenters. The number of hydrogen-bond donors (Lipinski definition) is 1. The molecule has 0 spiro atoms. The maximum absolute atomic E-state index is 3.86. The van der Waals surface area contributed by atoms with Crippen molar-refractivity contribution in [3.8, 4) is 0 Å². The van der Waals surface area contributed by atoms with Gasteiger partial charge in [-0.15, -0.1) is 0 Å². The summed E-state index contributed by atoms with van der Waals surface area (Å²) in [5, 5.41) is 3.86. The van der Waals surface area contributed by atoms with Gasteiger partial charge in [-0.25, -0.2) is 0 Å². The lowest BCUT2D eigenvalue weighted by Crippen LogP contribution is -2.40. The molecule has 0 heterocycles. The van der Waals surface area contributed by atoms with Crippen LogP contribution < -0.4 is 5.32 Å². The molecule has 90 valence electrons. The van der Waals surface area contributed by atoms with Gasteiger partial charge in [0.15, 0.2) is 0 Å². The van der Waals surface area contributed by atoms with E-state index >= 15 is 0 Å². The highest BCUT2D eigenvalue weighted by Crippen LogP contribution is 2.20. The van der Waals surface area contributed by atoms with Crippen LogP contribution in [0.1, 0.15) is 72.1 Å². The molecule has 0 amide bonds. The highest BCUT2D eigenvalue weighted by molar-refractivity contribution is 4.77. The Labute approximate surface area is 96.0 Å². The minimum absolute atomic E-state index is 0.711. The van der Waals surface area contributed by atoms with Crippen molar-refractivity contribution in [1.29, 1.82) is 0 Å². The minimum Gasteiger partial charge on any atom is -0.311 e. The summed E-state index contributed by atoms with van der Waals surface area (Å²) in [5.41, 5.74) is 0. The topological polar surface area (TPSA) is 12.0 Å². The summed E-state index contributed by atoms with van der Waals surface area (Å²) in [5.74, 6) is 0.869. The normalized spacial score (nSPS) is 21.6. The molecule has 1 N–H and O–H groups in total. The lowest BCUT2D eigenvalue weighted by atomic mass is 9.94. The first kappa shape index (κ1) is 13.0. The first-order valence-corrected chi connectivity index (χ1v) is 7.04. The highest BCUT2D eigenvalue weighted by atomic mass is 14.9. The zero-order valence-electron chi connectivity index (χ0n) is 10.9. The summed E-state index contributed by atoms with van der Waals surface area (Å²) in [4.78, 5) is 0. The highest BCUT2D eigenvalue weighted by Gasteiger charge is 2.18. The van der Waals surface area contributed by atoms with E-state index in [1.165, 1.54) is 51.4 Å². The Morgan fingerprint density at radius 3 is 2.00 bits per heavy atom. The molecule has 1 aliphatic carbocycles. The summed E-state index contributed by atoms with van der Waals surface area (Å²) < 4.78 is 0. The first-order chi connectivity index (χ1) is 7.27. The van der Waals surface area contributed by atoms with Crippen LogP contribution in [0.5, 0.6) is 0 Å². The third-order valence-electron chi connectivity index (χ3n) is 4.11. The van der Waals surface area contributed by atoms with Crippen molar-refractivity contribution in [2.24, 2.45) is 5.92 Å². The second kappa shape index (κ2) is 7.27. The van der Waals surface area contributed by atoms with E-state index in [0.29, 0.717) is 6.04 Å². The van der Waals surface area contributed by atoms with Gasteiger partial charge in [0.2, 0.25) is 0 Å². The van der Waals surface area contributed by atoms with Gasteiger partial charge in [0.05, 0.1) is 0 Å². The van der Waals surface area contributed by atoms with E-state index in [4.69, 9.17) is 0 Å². The predicted octanol–water partition coefficient (Wildman–Crippen LogP) is 4.12. The molecule has 0 bridgehead atoms. The fourth-order valence-corrected chi connectivity index (χ4v) is 2.95.